The van der Waals surface area contributed by atoms with Crippen molar-refractivity contribution in [1.29, 1.82) is 0 Å². The number of rotatable bonds is 7. The number of halogens is 2. The van der Waals surface area contributed by atoms with E-state index in [0.717, 1.165) is 0 Å². The highest BCUT2D eigenvalue weighted by Crippen LogP contribution is 2.26. The number of methoxy groups -OCH3 is 1. The number of amides is 1. The minimum Gasteiger partial charge on any atom is -0.383 e. The second kappa shape index (κ2) is 9.12. The van der Waals surface area contributed by atoms with Crippen molar-refractivity contribution >= 4 is 27.5 Å². The topological polar surface area (TPSA) is 75.7 Å². The van der Waals surface area contributed by atoms with Crippen LogP contribution in [0.15, 0.2) is 18.2 Å². The van der Waals surface area contributed by atoms with Crippen LogP contribution in [0.4, 0.5) is 4.39 Å². The highest BCUT2D eigenvalue weighted by atomic mass is 35.5. The monoisotopic (exact) mass is 406 g/mol. The van der Waals surface area contributed by atoms with Gasteiger partial charge in [-0.2, -0.15) is 0 Å². The first-order valence-electron chi connectivity index (χ1n) is 8.44. The number of sulfonamides is 1. The van der Waals surface area contributed by atoms with Crippen LogP contribution in [0.3, 0.4) is 0 Å². The summed E-state index contributed by atoms with van der Waals surface area (Å²) in [5, 5.41) is 2.95. The van der Waals surface area contributed by atoms with Crippen LogP contribution < -0.4 is 5.32 Å². The molecule has 1 aromatic rings. The van der Waals surface area contributed by atoms with Gasteiger partial charge >= 0.3 is 0 Å². The number of benzene rings is 1. The fraction of sp³-hybridized carbons (Fsp3) is 0.588. The minimum atomic E-state index is -3.71. The van der Waals surface area contributed by atoms with E-state index in [2.05, 4.69) is 5.32 Å². The summed E-state index contributed by atoms with van der Waals surface area (Å²) in [6.07, 6.45) is 0.853. The van der Waals surface area contributed by atoms with Gasteiger partial charge in [-0.3, -0.25) is 4.79 Å². The second-order valence-corrected chi connectivity index (χ2v) is 8.87. The van der Waals surface area contributed by atoms with Crippen molar-refractivity contribution in [1.82, 2.24) is 9.62 Å². The molecule has 2 rings (SSSR count). The van der Waals surface area contributed by atoms with Crippen molar-refractivity contribution in [2.45, 2.75) is 31.6 Å². The lowest BCUT2D eigenvalue weighted by Gasteiger charge is -2.31. The van der Waals surface area contributed by atoms with E-state index in [1.165, 1.54) is 22.5 Å². The van der Waals surface area contributed by atoms with Crippen molar-refractivity contribution in [3.63, 3.8) is 0 Å². The summed E-state index contributed by atoms with van der Waals surface area (Å²) in [7, 11) is -2.14. The first kappa shape index (κ1) is 21.1. The molecule has 1 aliphatic rings. The van der Waals surface area contributed by atoms with E-state index in [-0.39, 0.29) is 41.5 Å². The standard InChI is InChI=1S/C17H24ClFN2O4S/c1-12(10-25-2)20-17(22)13-6-8-21(9-7-13)26(23,24)11-14-15(18)4-3-5-16(14)19/h3-5,12-13H,6-11H2,1-2H3,(H,20,22)/t12-/m1/s1. The molecule has 1 aromatic carbocycles. The molecule has 1 fully saturated rings. The summed E-state index contributed by atoms with van der Waals surface area (Å²) in [4.78, 5) is 12.2. The van der Waals surface area contributed by atoms with Gasteiger partial charge < -0.3 is 10.1 Å². The van der Waals surface area contributed by atoms with Gasteiger partial charge in [0.1, 0.15) is 5.82 Å². The normalized spacial score (nSPS) is 17.8. The van der Waals surface area contributed by atoms with E-state index >= 15 is 0 Å². The average Bonchev–Trinajstić information content (AvgIpc) is 2.58. The van der Waals surface area contributed by atoms with Gasteiger partial charge in [0, 0.05) is 42.7 Å². The summed E-state index contributed by atoms with van der Waals surface area (Å²) in [6, 6.07) is 3.99. The summed E-state index contributed by atoms with van der Waals surface area (Å²) in [5.41, 5.74) is -0.0255. The number of hydrogen-bond acceptors (Lipinski definition) is 4. The van der Waals surface area contributed by atoms with E-state index < -0.39 is 21.6 Å². The third-order valence-electron chi connectivity index (χ3n) is 4.41. The van der Waals surface area contributed by atoms with Crippen LogP contribution in [0.1, 0.15) is 25.3 Å². The molecule has 1 N–H and O–H groups in total. The second-order valence-electron chi connectivity index (χ2n) is 6.49. The van der Waals surface area contributed by atoms with E-state index in [1.54, 1.807) is 7.11 Å². The summed E-state index contributed by atoms with van der Waals surface area (Å²) in [6.45, 7) is 2.72. The van der Waals surface area contributed by atoms with Crippen LogP contribution in [-0.2, 0) is 25.3 Å². The molecule has 146 valence electrons. The fourth-order valence-corrected chi connectivity index (χ4v) is 4.91. The smallest absolute Gasteiger partial charge is 0.223 e. The van der Waals surface area contributed by atoms with E-state index in [1.807, 2.05) is 6.92 Å². The lowest BCUT2D eigenvalue weighted by molar-refractivity contribution is -0.127. The zero-order chi connectivity index (χ0) is 19.3. The first-order chi connectivity index (χ1) is 12.2. The number of carbonyl (C=O) groups excluding carboxylic acids is 1. The van der Waals surface area contributed by atoms with Crippen LogP contribution >= 0.6 is 11.6 Å². The number of ether oxygens (including phenoxy) is 1. The summed E-state index contributed by atoms with van der Waals surface area (Å²) >= 11 is 5.93. The number of piperidine rings is 1. The Morgan fingerprint density at radius 1 is 1.42 bits per heavy atom. The fourth-order valence-electron chi connectivity index (χ4n) is 2.99. The predicted octanol–water partition coefficient (Wildman–Crippen LogP) is 2.17. The molecule has 1 saturated heterocycles. The Hall–Kier alpha value is -1.22. The maximum atomic E-state index is 13.9. The lowest BCUT2D eigenvalue weighted by Crippen LogP contribution is -2.45. The van der Waals surface area contributed by atoms with Gasteiger partial charge in [-0.1, -0.05) is 17.7 Å². The van der Waals surface area contributed by atoms with Crippen LogP contribution in [-0.4, -0.2) is 51.5 Å². The molecule has 26 heavy (non-hydrogen) atoms. The molecule has 0 saturated carbocycles. The molecule has 0 radical (unpaired) electrons. The lowest BCUT2D eigenvalue weighted by atomic mass is 9.97. The molecular formula is C17H24ClFN2O4S. The third kappa shape index (κ3) is 5.39. The van der Waals surface area contributed by atoms with Gasteiger partial charge in [0.25, 0.3) is 0 Å². The van der Waals surface area contributed by atoms with Gasteiger partial charge in [-0.25, -0.2) is 17.1 Å². The molecule has 1 aliphatic heterocycles. The third-order valence-corrected chi connectivity index (χ3v) is 6.57. The predicted molar refractivity (Wildman–Crippen MR) is 97.8 cm³/mol. The van der Waals surface area contributed by atoms with Crippen molar-refractivity contribution < 1.29 is 22.3 Å². The number of nitrogens with zero attached hydrogens (tertiary/aromatic N) is 1. The highest BCUT2D eigenvalue weighted by Gasteiger charge is 2.32. The molecule has 0 aliphatic carbocycles. The highest BCUT2D eigenvalue weighted by molar-refractivity contribution is 7.88. The molecule has 0 aromatic heterocycles. The quantitative estimate of drug-likeness (QED) is 0.753. The summed E-state index contributed by atoms with van der Waals surface area (Å²) in [5.74, 6) is -1.45. The van der Waals surface area contributed by atoms with Gasteiger partial charge in [-0.05, 0) is 31.9 Å². The Bertz CT molecular complexity index is 716. The Morgan fingerprint density at radius 2 is 2.08 bits per heavy atom. The number of carbonyl (C=O) groups is 1. The largest absolute Gasteiger partial charge is 0.383 e. The molecule has 0 spiro atoms. The van der Waals surface area contributed by atoms with Gasteiger partial charge in [0.15, 0.2) is 0 Å². The van der Waals surface area contributed by atoms with Crippen molar-refractivity contribution in [3.8, 4) is 0 Å². The number of nitrogens with one attached hydrogen (secondary N) is 1. The van der Waals surface area contributed by atoms with E-state index in [9.17, 15) is 17.6 Å². The van der Waals surface area contributed by atoms with Gasteiger partial charge in [0.05, 0.1) is 12.4 Å². The minimum absolute atomic E-state index is 0.0255. The molecule has 0 unspecified atom stereocenters. The summed E-state index contributed by atoms with van der Waals surface area (Å²) < 4.78 is 45.3. The Labute approximate surface area is 158 Å². The Morgan fingerprint density at radius 3 is 2.65 bits per heavy atom. The maximum Gasteiger partial charge on any atom is 0.223 e. The Kier molecular flexibility index (Phi) is 7.40. The van der Waals surface area contributed by atoms with Crippen LogP contribution in [0.25, 0.3) is 0 Å². The van der Waals surface area contributed by atoms with Crippen LogP contribution in [0.5, 0.6) is 0 Å². The number of hydrogen-bond donors (Lipinski definition) is 1. The van der Waals surface area contributed by atoms with E-state index in [0.29, 0.717) is 19.4 Å². The SMILES string of the molecule is COC[C@@H](C)NC(=O)C1CCN(S(=O)(=O)Cc2c(F)cccc2Cl)CC1. The molecule has 1 amide bonds. The van der Waals surface area contributed by atoms with Crippen LogP contribution in [0.2, 0.25) is 5.02 Å². The zero-order valence-corrected chi connectivity index (χ0v) is 16.4. The molecule has 1 heterocycles. The van der Waals surface area contributed by atoms with Gasteiger partial charge in [-0.15, -0.1) is 0 Å². The first-order valence-corrected chi connectivity index (χ1v) is 10.4. The van der Waals surface area contributed by atoms with Crippen molar-refractivity contribution in [2.24, 2.45) is 5.92 Å². The Balaban J connectivity index is 1.95. The van der Waals surface area contributed by atoms with Crippen molar-refractivity contribution in [3.05, 3.63) is 34.6 Å². The molecule has 0 bridgehead atoms. The maximum absolute atomic E-state index is 13.9. The van der Waals surface area contributed by atoms with Crippen molar-refractivity contribution in [2.75, 3.05) is 26.8 Å². The zero-order valence-electron chi connectivity index (χ0n) is 14.9. The van der Waals surface area contributed by atoms with E-state index in [4.69, 9.17) is 16.3 Å². The average molecular weight is 407 g/mol. The molecular weight excluding hydrogens is 383 g/mol. The van der Waals surface area contributed by atoms with Gasteiger partial charge in [0.2, 0.25) is 15.9 Å². The van der Waals surface area contributed by atoms with Crippen LogP contribution in [0, 0.1) is 11.7 Å². The molecule has 9 heteroatoms. The molecule has 1 atom stereocenters. The molecule has 6 nitrogen and oxygen atoms in total.